The number of fused-ring (bicyclic) bond motifs is 1. The molecule has 8 heteroatoms. The second-order valence-corrected chi connectivity index (χ2v) is 6.94. The first-order valence-electron chi connectivity index (χ1n) is 8.92. The number of likely N-dealkylation sites (tertiary alicyclic amines) is 1. The Kier molecular flexibility index (Phi) is 4.25. The molecule has 0 bridgehead atoms. The van der Waals surface area contributed by atoms with Crippen LogP contribution < -0.4 is 5.69 Å². The standard InChI is InChI=1S/C19H20FN5O2/c1-11-8-12(2)25(19(27)21-11)10-17(26)24-7-3-4-16(24)18-22-14-6-5-13(20)9-15(14)23-18/h5-6,8-9,16H,3-4,7,10H2,1-2H3,(H,22,23). The van der Waals surface area contributed by atoms with Crippen LogP contribution in [-0.2, 0) is 11.3 Å². The minimum Gasteiger partial charge on any atom is -0.340 e. The highest BCUT2D eigenvalue weighted by Gasteiger charge is 2.32. The van der Waals surface area contributed by atoms with E-state index in [-0.39, 0.29) is 24.3 Å². The lowest BCUT2D eigenvalue weighted by atomic mass is 10.2. The molecule has 1 saturated heterocycles. The molecule has 27 heavy (non-hydrogen) atoms. The minimum absolute atomic E-state index is 0.0523. The summed E-state index contributed by atoms with van der Waals surface area (Å²) in [5.41, 5.74) is 2.20. The van der Waals surface area contributed by atoms with Gasteiger partial charge >= 0.3 is 5.69 Å². The van der Waals surface area contributed by atoms with Crippen molar-refractivity contribution in [3.05, 3.63) is 57.8 Å². The number of hydrogen-bond acceptors (Lipinski definition) is 4. The molecule has 0 spiro atoms. The van der Waals surface area contributed by atoms with Crippen LogP contribution in [0.3, 0.4) is 0 Å². The highest BCUT2D eigenvalue weighted by Crippen LogP contribution is 2.31. The number of carbonyl (C=O) groups is 1. The molecule has 3 heterocycles. The average Bonchev–Trinajstić information content (AvgIpc) is 3.23. The number of hydrogen-bond donors (Lipinski definition) is 1. The van der Waals surface area contributed by atoms with Gasteiger partial charge in [-0.3, -0.25) is 9.36 Å². The van der Waals surface area contributed by atoms with Gasteiger partial charge in [0.15, 0.2) is 0 Å². The second-order valence-electron chi connectivity index (χ2n) is 6.94. The molecular weight excluding hydrogens is 349 g/mol. The van der Waals surface area contributed by atoms with Crippen LogP contribution in [0.15, 0.2) is 29.1 Å². The van der Waals surface area contributed by atoms with Crippen LogP contribution >= 0.6 is 0 Å². The first-order chi connectivity index (χ1) is 12.9. The molecule has 140 valence electrons. The van der Waals surface area contributed by atoms with Gasteiger partial charge in [0.25, 0.3) is 0 Å². The monoisotopic (exact) mass is 369 g/mol. The average molecular weight is 369 g/mol. The fourth-order valence-corrected chi connectivity index (χ4v) is 3.70. The lowest BCUT2D eigenvalue weighted by Gasteiger charge is -2.24. The van der Waals surface area contributed by atoms with Crippen molar-refractivity contribution < 1.29 is 9.18 Å². The number of aromatic amines is 1. The summed E-state index contributed by atoms with van der Waals surface area (Å²) in [6, 6.07) is 5.96. The summed E-state index contributed by atoms with van der Waals surface area (Å²) >= 11 is 0. The molecule has 1 atom stereocenters. The van der Waals surface area contributed by atoms with Crippen molar-refractivity contribution >= 4 is 16.9 Å². The van der Waals surface area contributed by atoms with Crippen molar-refractivity contribution in [2.24, 2.45) is 0 Å². The van der Waals surface area contributed by atoms with Crippen LogP contribution in [0.25, 0.3) is 11.0 Å². The van der Waals surface area contributed by atoms with E-state index in [0.717, 1.165) is 12.8 Å². The fraction of sp³-hybridized carbons (Fsp3) is 0.368. The zero-order chi connectivity index (χ0) is 19.1. The van der Waals surface area contributed by atoms with Crippen LogP contribution in [0.5, 0.6) is 0 Å². The number of H-pyrrole nitrogens is 1. The third-order valence-corrected chi connectivity index (χ3v) is 4.99. The van der Waals surface area contributed by atoms with E-state index in [9.17, 15) is 14.0 Å². The molecule has 1 unspecified atom stereocenters. The smallest absolute Gasteiger partial charge is 0.340 e. The van der Waals surface area contributed by atoms with Crippen molar-refractivity contribution in [2.75, 3.05) is 6.54 Å². The van der Waals surface area contributed by atoms with Gasteiger partial charge in [-0.1, -0.05) is 0 Å². The molecule has 4 rings (SSSR count). The van der Waals surface area contributed by atoms with Gasteiger partial charge < -0.3 is 9.88 Å². The van der Waals surface area contributed by atoms with E-state index in [0.29, 0.717) is 34.8 Å². The van der Waals surface area contributed by atoms with Crippen molar-refractivity contribution in [1.82, 2.24) is 24.4 Å². The zero-order valence-corrected chi connectivity index (χ0v) is 15.2. The van der Waals surface area contributed by atoms with Crippen molar-refractivity contribution in [3.63, 3.8) is 0 Å². The summed E-state index contributed by atoms with van der Waals surface area (Å²) < 4.78 is 14.8. The lowest BCUT2D eigenvalue weighted by molar-refractivity contribution is -0.133. The van der Waals surface area contributed by atoms with Gasteiger partial charge in [0.05, 0.1) is 17.1 Å². The predicted molar refractivity (Wildman–Crippen MR) is 97.7 cm³/mol. The van der Waals surface area contributed by atoms with E-state index >= 15 is 0 Å². The van der Waals surface area contributed by atoms with Gasteiger partial charge in [0, 0.05) is 17.9 Å². The van der Waals surface area contributed by atoms with E-state index in [1.807, 2.05) is 0 Å². The SMILES string of the molecule is Cc1cc(C)n(CC(=O)N2CCCC2c2nc3ccc(F)cc3[nH]2)c(=O)n1. The summed E-state index contributed by atoms with van der Waals surface area (Å²) in [7, 11) is 0. The topological polar surface area (TPSA) is 83.9 Å². The normalized spacial score (nSPS) is 17.0. The minimum atomic E-state index is -0.421. The summed E-state index contributed by atoms with van der Waals surface area (Å²) in [4.78, 5) is 38.3. The van der Waals surface area contributed by atoms with Gasteiger partial charge in [0.2, 0.25) is 5.91 Å². The Bertz CT molecular complexity index is 1090. The first kappa shape index (κ1) is 17.4. The number of imidazole rings is 1. The van der Waals surface area contributed by atoms with Crippen molar-refractivity contribution in [2.45, 2.75) is 39.3 Å². The van der Waals surface area contributed by atoms with Gasteiger partial charge in [-0.25, -0.2) is 14.2 Å². The molecule has 3 aromatic rings. The lowest BCUT2D eigenvalue weighted by Crippen LogP contribution is -2.37. The third-order valence-electron chi connectivity index (χ3n) is 4.99. The maximum Gasteiger partial charge on any atom is 0.348 e. The fourth-order valence-electron chi connectivity index (χ4n) is 3.70. The number of aromatic nitrogens is 4. The van der Waals surface area contributed by atoms with E-state index < -0.39 is 5.69 Å². The largest absolute Gasteiger partial charge is 0.348 e. The van der Waals surface area contributed by atoms with Crippen molar-refractivity contribution in [3.8, 4) is 0 Å². The molecular formula is C19H20FN5O2. The van der Waals surface area contributed by atoms with Gasteiger partial charge in [-0.2, -0.15) is 4.98 Å². The Morgan fingerprint density at radius 1 is 1.30 bits per heavy atom. The van der Waals surface area contributed by atoms with E-state index in [1.165, 1.54) is 16.7 Å². The molecule has 0 aliphatic carbocycles. The van der Waals surface area contributed by atoms with E-state index in [2.05, 4.69) is 15.0 Å². The maximum atomic E-state index is 13.4. The third kappa shape index (κ3) is 3.22. The molecule has 1 aromatic carbocycles. The van der Waals surface area contributed by atoms with Crippen LogP contribution in [0.1, 0.15) is 36.1 Å². The highest BCUT2D eigenvalue weighted by molar-refractivity contribution is 5.78. The number of carbonyl (C=O) groups excluding carboxylic acids is 1. The number of benzene rings is 1. The summed E-state index contributed by atoms with van der Waals surface area (Å²) in [5.74, 6) is 0.159. The molecule has 7 nitrogen and oxygen atoms in total. The summed E-state index contributed by atoms with van der Waals surface area (Å²) in [6.07, 6.45) is 1.62. The first-order valence-corrected chi connectivity index (χ1v) is 8.92. The second kappa shape index (κ2) is 6.61. The van der Waals surface area contributed by atoms with Crippen LogP contribution in [-0.4, -0.2) is 36.9 Å². The van der Waals surface area contributed by atoms with E-state index in [4.69, 9.17) is 0 Å². The molecule has 0 radical (unpaired) electrons. The summed E-state index contributed by atoms with van der Waals surface area (Å²) in [5, 5.41) is 0. The van der Waals surface area contributed by atoms with Crippen LogP contribution in [0.2, 0.25) is 0 Å². The molecule has 1 aliphatic heterocycles. The number of nitrogens with one attached hydrogen (secondary N) is 1. The molecule has 1 amide bonds. The quantitative estimate of drug-likeness (QED) is 0.767. The number of amides is 1. The Hall–Kier alpha value is -3.03. The Balaban J connectivity index is 1.61. The number of rotatable bonds is 3. The predicted octanol–water partition coefficient (Wildman–Crippen LogP) is 2.24. The van der Waals surface area contributed by atoms with Gasteiger partial charge in [-0.15, -0.1) is 0 Å². The maximum absolute atomic E-state index is 13.4. The van der Waals surface area contributed by atoms with Gasteiger partial charge in [0.1, 0.15) is 18.2 Å². The molecule has 1 N–H and O–H groups in total. The van der Waals surface area contributed by atoms with Gasteiger partial charge in [-0.05, 0) is 51.0 Å². The molecule has 1 aliphatic rings. The van der Waals surface area contributed by atoms with Crippen LogP contribution in [0.4, 0.5) is 4.39 Å². The Labute approximate surface area is 154 Å². The molecule has 2 aromatic heterocycles. The molecule has 1 fully saturated rings. The molecule has 0 saturated carbocycles. The highest BCUT2D eigenvalue weighted by atomic mass is 19.1. The van der Waals surface area contributed by atoms with Crippen molar-refractivity contribution in [1.29, 1.82) is 0 Å². The number of aryl methyl sites for hydroxylation is 2. The van der Waals surface area contributed by atoms with E-state index in [1.54, 1.807) is 30.9 Å². The van der Waals surface area contributed by atoms with Crippen LogP contribution in [0, 0.1) is 19.7 Å². The number of halogens is 1. The Morgan fingerprint density at radius 2 is 2.11 bits per heavy atom. The summed E-state index contributed by atoms with van der Waals surface area (Å²) in [6.45, 7) is 4.09. The Morgan fingerprint density at radius 3 is 2.89 bits per heavy atom. The zero-order valence-electron chi connectivity index (χ0n) is 15.2. The number of nitrogens with zero attached hydrogens (tertiary/aromatic N) is 4.